The van der Waals surface area contributed by atoms with Crippen molar-refractivity contribution in [3.63, 3.8) is 0 Å². The smallest absolute Gasteiger partial charge is 0.255 e. The van der Waals surface area contributed by atoms with Gasteiger partial charge in [-0.15, -0.1) is 0 Å². The van der Waals surface area contributed by atoms with Crippen molar-refractivity contribution in [3.05, 3.63) is 58.3 Å². The lowest BCUT2D eigenvalue weighted by Crippen LogP contribution is -2.35. The number of nitrogens with one attached hydrogen (secondary N) is 1. The first kappa shape index (κ1) is 19.0. The quantitative estimate of drug-likeness (QED) is 0.780. The van der Waals surface area contributed by atoms with E-state index in [9.17, 15) is 17.6 Å². The molecule has 1 amide bonds. The second-order valence-corrected chi connectivity index (χ2v) is 8.84. The number of nitrogens with zero attached hydrogens (tertiary/aromatic N) is 1. The van der Waals surface area contributed by atoms with Crippen LogP contribution in [-0.2, 0) is 10.0 Å². The molecule has 8 heteroatoms. The molecule has 0 aliphatic carbocycles. The Labute approximate surface area is 160 Å². The highest BCUT2D eigenvalue weighted by atomic mass is 79.9. The maximum absolute atomic E-state index is 13.3. The second kappa shape index (κ2) is 7.85. The molecule has 0 aromatic heterocycles. The molecule has 1 N–H and O–H groups in total. The third-order valence-corrected chi connectivity index (χ3v) is 7.10. The highest BCUT2D eigenvalue weighted by Gasteiger charge is 2.28. The zero-order valence-electron chi connectivity index (χ0n) is 13.9. The van der Waals surface area contributed by atoms with Gasteiger partial charge in [-0.25, -0.2) is 12.8 Å². The molecule has 1 heterocycles. The van der Waals surface area contributed by atoms with E-state index in [1.807, 2.05) is 0 Å². The Kier molecular flexibility index (Phi) is 5.74. The molecule has 1 aliphatic heterocycles. The highest BCUT2D eigenvalue weighted by Crippen LogP contribution is 2.28. The van der Waals surface area contributed by atoms with Crippen molar-refractivity contribution >= 4 is 37.5 Å². The molecule has 5 nitrogen and oxygen atoms in total. The number of hydrogen-bond donors (Lipinski definition) is 1. The Morgan fingerprint density at radius 1 is 1.08 bits per heavy atom. The lowest BCUT2D eigenvalue weighted by Gasteiger charge is -2.26. The Bertz CT molecular complexity index is 928. The highest BCUT2D eigenvalue weighted by molar-refractivity contribution is 9.10. The zero-order valence-corrected chi connectivity index (χ0v) is 16.3. The topological polar surface area (TPSA) is 66.5 Å². The number of anilines is 1. The van der Waals surface area contributed by atoms with E-state index in [0.29, 0.717) is 23.2 Å². The SMILES string of the molecule is O=C(Nc1cccc(F)c1)c1ccc(Br)c(S(=O)(=O)N2CCCCC2)c1. The zero-order chi connectivity index (χ0) is 18.7. The Balaban J connectivity index is 1.88. The van der Waals surface area contributed by atoms with Crippen molar-refractivity contribution in [2.75, 3.05) is 18.4 Å². The van der Waals surface area contributed by atoms with Crippen LogP contribution in [0.1, 0.15) is 29.6 Å². The average molecular weight is 441 g/mol. The molecule has 1 fully saturated rings. The largest absolute Gasteiger partial charge is 0.322 e. The first-order valence-electron chi connectivity index (χ1n) is 8.24. The summed E-state index contributed by atoms with van der Waals surface area (Å²) < 4.78 is 40.9. The number of halogens is 2. The lowest BCUT2D eigenvalue weighted by atomic mass is 10.2. The summed E-state index contributed by atoms with van der Waals surface area (Å²) in [6.45, 7) is 0.961. The predicted octanol–water partition coefficient (Wildman–Crippen LogP) is 4.02. The van der Waals surface area contributed by atoms with Crippen LogP contribution in [0.2, 0.25) is 0 Å². The molecule has 0 bridgehead atoms. The third-order valence-electron chi connectivity index (χ3n) is 4.21. The Hall–Kier alpha value is -1.77. The summed E-state index contributed by atoms with van der Waals surface area (Å²) in [5.41, 5.74) is 0.492. The standard InChI is InChI=1S/C18H18BrFN2O3S/c19-16-8-7-13(18(23)21-15-6-4-5-14(20)12-15)11-17(16)26(24,25)22-9-2-1-3-10-22/h4-8,11-12H,1-3,9-10H2,(H,21,23). The van der Waals surface area contributed by atoms with Crippen LogP contribution in [-0.4, -0.2) is 31.7 Å². The van der Waals surface area contributed by atoms with E-state index in [2.05, 4.69) is 21.2 Å². The normalized spacial score (nSPS) is 15.6. The lowest BCUT2D eigenvalue weighted by molar-refractivity contribution is 0.102. The van der Waals surface area contributed by atoms with Crippen molar-refractivity contribution < 1.29 is 17.6 Å². The van der Waals surface area contributed by atoms with E-state index >= 15 is 0 Å². The monoisotopic (exact) mass is 440 g/mol. The summed E-state index contributed by atoms with van der Waals surface area (Å²) >= 11 is 3.27. The molecule has 2 aromatic rings. The fourth-order valence-corrected chi connectivity index (χ4v) is 5.32. The van der Waals surface area contributed by atoms with E-state index in [-0.39, 0.29) is 10.5 Å². The van der Waals surface area contributed by atoms with Crippen LogP contribution in [0.5, 0.6) is 0 Å². The molecule has 26 heavy (non-hydrogen) atoms. The number of piperidine rings is 1. The van der Waals surface area contributed by atoms with E-state index in [1.165, 1.54) is 40.7 Å². The molecule has 0 radical (unpaired) electrons. The van der Waals surface area contributed by atoms with Crippen molar-refractivity contribution in [1.29, 1.82) is 0 Å². The second-order valence-electron chi connectivity index (χ2n) is 6.07. The number of rotatable bonds is 4. The van der Waals surface area contributed by atoms with E-state index in [1.54, 1.807) is 6.07 Å². The summed E-state index contributed by atoms with van der Waals surface area (Å²) in [7, 11) is -3.68. The minimum absolute atomic E-state index is 0.0614. The average Bonchev–Trinajstić information content (AvgIpc) is 2.62. The van der Waals surface area contributed by atoms with Gasteiger partial charge in [0.25, 0.3) is 5.91 Å². The molecule has 0 saturated carbocycles. The van der Waals surface area contributed by atoms with Gasteiger partial charge in [0.2, 0.25) is 10.0 Å². The van der Waals surface area contributed by atoms with Crippen molar-refractivity contribution in [3.8, 4) is 0 Å². The minimum atomic E-state index is -3.68. The fourth-order valence-electron chi connectivity index (χ4n) is 2.86. The minimum Gasteiger partial charge on any atom is -0.322 e. The number of sulfonamides is 1. The third kappa shape index (κ3) is 4.13. The Morgan fingerprint density at radius 3 is 2.50 bits per heavy atom. The van der Waals surface area contributed by atoms with Gasteiger partial charge >= 0.3 is 0 Å². The van der Waals surface area contributed by atoms with Gasteiger partial charge in [-0.2, -0.15) is 4.31 Å². The summed E-state index contributed by atoms with van der Waals surface area (Å²) in [5.74, 6) is -0.967. The molecule has 2 aromatic carbocycles. The number of benzene rings is 2. The van der Waals surface area contributed by atoms with E-state index < -0.39 is 21.7 Å². The fraction of sp³-hybridized carbons (Fsp3) is 0.278. The molecule has 1 saturated heterocycles. The predicted molar refractivity (Wildman–Crippen MR) is 101 cm³/mol. The first-order chi connectivity index (χ1) is 12.4. The van der Waals surface area contributed by atoms with Gasteiger partial charge in [0.15, 0.2) is 0 Å². The molecule has 0 spiro atoms. The van der Waals surface area contributed by atoms with Gasteiger partial charge in [-0.1, -0.05) is 12.5 Å². The maximum atomic E-state index is 13.3. The van der Waals surface area contributed by atoms with Crippen LogP contribution in [0.3, 0.4) is 0 Å². The van der Waals surface area contributed by atoms with Crippen molar-refractivity contribution in [1.82, 2.24) is 4.31 Å². The molecule has 0 atom stereocenters. The molecule has 138 valence electrons. The Morgan fingerprint density at radius 2 is 1.81 bits per heavy atom. The molecular weight excluding hydrogens is 423 g/mol. The van der Waals surface area contributed by atoms with Crippen molar-refractivity contribution in [2.45, 2.75) is 24.2 Å². The summed E-state index contributed by atoms with van der Waals surface area (Å²) in [4.78, 5) is 12.5. The van der Waals surface area contributed by atoms with E-state index in [4.69, 9.17) is 0 Å². The maximum Gasteiger partial charge on any atom is 0.255 e. The van der Waals surface area contributed by atoms with Crippen LogP contribution in [0.4, 0.5) is 10.1 Å². The van der Waals surface area contributed by atoms with Crippen molar-refractivity contribution in [2.24, 2.45) is 0 Å². The van der Waals surface area contributed by atoms with Crippen LogP contribution in [0, 0.1) is 5.82 Å². The molecular formula is C18H18BrFN2O3S. The summed E-state index contributed by atoms with van der Waals surface area (Å²) in [6.07, 6.45) is 2.68. The van der Waals surface area contributed by atoms with Crippen LogP contribution in [0.25, 0.3) is 0 Å². The summed E-state index contributed by atoms with van der Waals surface area (Å²) in [6, 6.07) is 9.93. The molecule has 0 unspecified atom stereocenters. The van der Waals surface area contributed by atoms with Gasteiger partial charge < -0.3 is 5.32 Å². The summed E-state index contributed by atoms with van der Waals surface area (Å²) in [5, 5.41) is 2.57. The van der Waals surface area contributed by atoms with Crippen LogP contribution < -0.4 is 5.32 Å². The molecule has 3 rings (SSSR count). The number of hydrogen-bond acceptors (Lipinski definition) is 3. The van der Waals surface area contributed by atoms with Gasteiger partial charge in [0, 0.05) is 28.8 Å². The van der Waals surface area contributed by atoms with Gasteiger partial charge in [-0.05, 0) is 65.2 Å². The number of carbonyl (C=O) groups excluding carboxylic acids is 1. The number of amides is 1. The molecule has 1 aliphatic rings. The van der Waals surface area contributed by atoms with Gasteiger partial charge in [0.1, 0.15) is 5.82 Å². The first-order valence-corrected chi connectivity index (χ1v) is 10.5. The van der Waals surface area contributed by atoms with E-state index in [0.717, 1.165) is 19.3 Å². The van der Waals surface area contributed by atoms with Crippen LogP contribution >= 0.6 is 15.9 Å². The van der Waals surface area contributed by atoms with Gasteiger partial charge in [-0.3, -0.25) is 4.79 Å². The number of carbonyl (C=O) groups is 1. The van der Waals surface area contributed by atoms with Gasteiger partial charge in [0.05, 0.1) is 4.90 Å². The van der Waals surface area contributed by atoms with Crippen LogP contribution in [0.15, 0.2) is 51.8 Å².